The van der Waals surface area contributed by atoms with Crippen LogP contribution in [0.25, 0.3) is 49.5 Å². The third-order valence-electron chi connectivity index (χ3n) is 6.36. The van der Waals surface area contributed by atoms with Gasteiger partial charge in [0.05, 0.1) is 16.7 Å². The first-order valence-corrected chi connectivity index (χ1v) is 11.4. The molecule has 0 saturated heterocycles. The van der Waals surface area contributed by atoms with Gasteiger partial charge in [0.15, 0.2) is 0 Å². The summed E-state index contributed by atoms with van der Waals surface area (Å²) in [5, 5.41) is 14.2. The van der Waals surface area contributed by atoms with E-state index in [0.717, 1.165) is 28.0 Å². The largest absolute Gasteiger partial charge is 0.309 e. The lowest BCUT2D eigenvalue weighted by molar-refractivity contribution is 0.566. The number of aromatic nitrogens is 3. The minimum atomic E-state index is -0.0746. The zero-order valence-electron chi connectivity index (χ0n) is 19.1. The van der Waals surface area contributed by atoms with Crippen LogP contribution in [0.3, 0.4) is 0 Å². The monoisotopic (exact) mass is 427 g/mol. The van der Waals surface area contributed by atoms with E-state index in [4.69, 9.17) is 10.2 Å². The van der Waals surface area contributed by atoms with Gasteiger partial charge < -0.3 is 4.57 Å². The van der Waals surface area contributed by atoms with E-state index in [0.29, 0.717) is 0 Å². The Hall–Kier alpha value is -3.98. The molecule has 0 aliphatic rings. The molecule has 160 valence electrons. The Morgan fingerprint density at radius 2 is 1.21 bits per heavy atom. The van der Waals surface area contributed by atoms with E-state index in [1.807, 2.05) is 0 Å². The number of nitrogens with zero attached hydrogens (tertiary/aromatic N) is 3. The summed E-state index contributed by atoms with van der Waals surface area (Å²) in [5.74, 6) is 0. The molecule has 0 bridgehead atoms. The van der Waals surface area contributed by atoms with Crippen LogP contribution in [0.5, 0.6) is 0 Å². The van der Waals surface area contributed by atoms with Crippen molar-refractivity contribution in [2.24, 2.45) is 0 Å². The van der Waals surface area contributed by atoms with Gasteiger partial charge in [-0.1, -0.05) is 93.6 Å². The fourth-order valence-electron chi connectivity index (χ4n) is 4.84. The molecule has 3 nitrogen and oxygen atoms in total. The predicted molar refractivity (Wildman–Crippen MR) is 138 cm³/mol. The summed E-state index contributed by atoms with van der Waals surface area (Å²) in [6.07, 6.45) is 0. The third-order valence-corrected chi connectivity index (χ3v) is 6.36. The molecule has 0 unspecified atom stereocenters. The number of hydrogen-bond acceptors (Lipinski definition) is 2. The summed E-state index contributed by atoms with van der Waals surface area (Å²) in [5.41, 5.74) is 6.48. The van der Waals surface area contributed by atoms with Crippen LogP contribution in [-0.4, -0.2) is 14.8 Å². The molecule has 2 aromatic heterocycles. The first kappa shape index (κ1) is 19.7. The molecule has 33 heavy (non-hydrogen) atoms. The SMILES string of the molecule is CC(C)(C)c1nnc(-c2ccc3c4ccccc4n(-c4ccccc4)c3c2)c2ccccc12. The van der Waals surface area contributed by atoms with Crippen molar-refractivity contribution in [2.45, 2.75) is 26.2 Å². The van der Waals surface area contributed by atoms with Crippen molar-refractivity contribution in [3.8, 4) is 16.9 Å². The Kier molecular flexibility index (Phi) is 4.34. The average molecular weight is 428 g/mol. The number of rotatable bonds is 2. The molecule has 0 atom stereocenters. The summed E-state index contributed by atoms with van der Waals surface area (Å²) in [7, 11) is 0. The van der Waals surface area contributed by atoms with Crippen molar-refractivity contribution >= 4 is 32.6 Å². The summed E-state index contributed by atoms with van der Waals surface area (Å²) < 4.78 is 2.34. The van der Waals surface area contributed by atoms with Crippen LogP contribution >= 0.6 is 0 Å². The van der Waals surface area contributed by atoms with Gasteiger partial charge in [0.25, 0.3) is 0 Å². The standard InChI is InChI=1S/C30H25N3/c1-30(2,3)29-25-15-8-7-14-24(25)28(31-32-29)20-17-18-23-22-13-9-10-16-26(22)33(27(23)19-20)21-11-5-4-6-12-21/h4-19H,1-3H3. The second-order valence-corrected chi connectivity index (χ2v) is 9.61. The van der Waals surface area contributed by atoms with E-state index in [9.17, 15) is 0 Å². The molecule has 0 saturated carbocycles. The minimum absolute atomic E-state index is 0.0746. The van der Waals surface area contributed by atoms with Gasteiger partial charge in [-0.3, -0.25) is 0 Å². The van der Waals surface area contributed by atoms with Gasteiger partial charge in [0, 0.05) is 38.2 Å². The van der Waals surface area contributed by atoms with Crippen molar-refractivity contribution in [1.29, 1.82) is 0 Å². The van der Waals surface area contributed by atoms with E-state index in [-0.39, 0.29) is 5.41 Å². The zero-order chi connectivity index (χ0) is 22.6. The zero-order valence-corrected chi connectivity index (χ0v) is 19.1. The van der Waals surface area contributed by atoms with E-state index in [1.54, 1.807) is 0 Å². The normalized spacial score (nSPS) is 12.1. The lowest BCUT2D eigenvalue weighted by Crippen LogP contribution is -2.15. The molecule has 6 aromatic rings. The van der Waals surface area contributed by atoms with Crippen LogP contribution in [0.2, 0.25) is 0 Å². The molecule has 3 heteroatoms. The number of para-hydroxylation sites is 2. The molecule has 6 rings (SSSR count). The van der Waals surface area contributed by atoms with Crippen LogP contribution in [0.1, 0.15) is 26.5 Å². The van der Waals surface area contributed by atoms with E-state index in [2.05, 4.69) is 122 Å². The van der Waals surface area contributed by atoms with Gasteiger partial charge in [-0.2, -0.15) is 5.10 Å². The summed E-state index contributed by atoms with van der Waals surface area (Å²) >= 11 is 0. The predicted octanol–water partition coefficient (Wildman–Crippen LogP) is 7.69. The second kappa shape index (κ2) is 7.28. The van der Waals surface area contributed by atoms with Crippen LogP contribution in [0, 0.1) is 0 Å². The van der Waals surface area contributed by atoms with Gasteiger partial charge >= 0.3 is 0 Å². The van der Waals surface area contributed by atoms with Crippen LogP contribution in [0.15, 0.2) is 97.1 Å². The molecule has 0 aliphatic heterocycles. The fraction of sp³-hybridized carbons (Fsp3) is 0.133. The molecular weight excluding hydrogens is 402 g/mol. The first-order valence-electron chi connectivity index (χ1n) is 11.4. The number of fused-ring (bicyclic) bond motifs is 4. The summed E-state index contributed by atoms with van der Waals surface area (Å²) in [6.45, 7) is 6.56. The van der Waals surface area contributed by atoms with Crippen LogP contribution in [-0.2, 0) is 5.41 Å². The summed E-state index contributed by atoms with van der Waals surface area (Å²) in [6, 6.07) is 34.3. The van der Waals surface area contributed by atoms with Crippen molar-refractivity contribution < 1.29 is 0 Å². The smallest absolute Gasteiger partial charge is 0.101 e. The van der Waals surface area contributed by atoms with Crippen molar-refractivity contribution in [1.82, 2.24) is 14.8 Å². The Morgan fingerprint density at radius 3 is 1.97 bits per heavy atom. The van der Waals surface area contributed by atoms with Crippen molar-refractivity contribution in [2.75, 3.05) is 0 Å². The van der Waals surface area contributed by atoms with Crippen molar-refractivity contribution in [3.63, 3.8) is 0 Å². The van der Waals surface area contributed by atoms with Crippen LogP contribution < -0.4 is 0 Å². The number of benzene rings is 4. The van der Waals surface area contributed by atoms with Gasteiger partial charge in [-0.15, -0.1) is 5.10 Å². The lowest BCUT2D eigenvalue weighted by atomic mass is 9.88. The Bertz CT molecular complexity index is 1640. The van der Waals surface area contributed by atoms with Gasteiger partial charge in [-0.05, 0) is 24.3 Å². The highest BCUT2D eigenvalue weighted by Gasteiger charge is 2.22. The molecule has 0 radical (unpaired) electrons. The highest BCUT2D eigenvalue weighted by molar-refractivity contribution is 6.10. The van der Waals surface area contributed by atoms with Gasteiger partial charge in [0.2, 0.25) is 0 Å². The molecule has 0 amide bonds. The van der Waals surface area contributed by atoms with Gasteiger partial charge in [0.1, 0.15) is 5.69 Å². The quantitative estimate of drug-likeness (QED) is 0.283. The third kappa shape index (κ3) is 3.12. The van der Waals surface area contributed by atoms with Gasteiger partial charge in [-0.25, -0.2) is 0 Å². The Labute approximate surface area is 193 Å². The Balaban J connectivity index is 1.66. The maximum atomic E-state index is 4.75. The summed E-state index contributed by atoms with van der Waals surface area (Å²) in [4.78, 5) is 0. The lowest BCUT2D eigenvalue weighted by Gasteiger charge is -2.20. The first-order chi connectivity index (χ1) is 16.0. The molecule has 0 N–H and O–H groups in total. The second-order valence-electron chi connectivity index (χ2n) is 9.61. The van der Waals surface area contributed by atoms with E-state index >= 15 is 0 Å². The highest BCUT2D eigenvalue weighted by Crippen LogP contribution is 2.37. The van der Waals surface area contributed by atoms with E-state index in [1.165, 1.54) is 27.2 Å². The fourth-order valence-corrected chi connectivity index (χ4v) is 4.84. The molecule has 0 aliphatic carbocycles. The molecule has 0 spiro atoms. The Morgan fingerprint density at radius 1 is 0.576 bits per heavy atom. The highest BCUT2D eigenvalue weighted by atomic mass is 15.1. The van der Waals surface area contributed by atoms with Crippen LogP contribution in [0.4, 0.5) is 0 Å². The van der Waals surface area contributed by atoms with E-state index < -0.39 is 0 Å². The average Bonchev–Trinajstić information content (AvgIpc) is 3.17. The maximum Gasteiger partial charge on any atom is 0.101 e. The minimum Gasteiger partial charge on any atom is -0.309 e. The maximum absolute atomic E-state index is 4.75. The molecule has 0 fully saturated rings. The van der Waals surface area contributed by atoms with Crippen molar-refractivity contribution in [3.05, 3.63) is 103 Å². The number of hydrogen-bond donors (Lipinski definition) is 0. The molecule has 2 heterocycles. The topological polar surface area (TPSA) is 30.7 Å². The molecular formula is C30H25N3. The molecule has 4 aromatic carbocycles.